The van der Waals surface area contributed by atoms with Crippen LogP contribution in [0.5, 0.6) is 0 Å². The number of carbonyl (C=O) groups excluding carboxylic acids is 1. The molecular weight excluding hydrogens is 235 g/mol. The lowest BCUT2D eigenvalue weighted by molar-refractivity contribution is -0.144. The number of hydrogen-bond acceptors (Lipinski definition) is 3. The molecule has 1 aromatic carbocycles. The van der Waals surface area contributed by atoms with Gasteiger partial charge in [0, 0.05) is 6.42 Å². The molecular formula is C14H19FO3. The molecule has 1 atom stereocenters. The molecule has 0 fully saturated rings. The third kappa shape index (κ3) is 3.81. The zero-order valence-electron chi connectivity index (χ0n) is 10.8. The molecule has 1 unspecified atom stereocenters. The Kier molecular flexibility index (Phi) is 5.28. The molecule has 0 aliphatic carbocycles. The van der Waals surface area contributed by atoms with Crippen molar-refractivity contribution >= 4 is 5.97 Å². The van der Waals surface area contributed by atoms with E-state index in [2.05, 4.69) is 0 Å². The maximum atomic E-state index is 13.2. The Morgan fingerprint density at radius 2 is 2.17 bits per heavy atom. The summed E-state index contributed by atoms with van der Waals surface area (Å²) in [5.74, 6) is -0.740. The van der Waals surface area contributed by atoms with Crippen molar-refractivity contribution < 1.29 is 19.0 Å². The first-order chi connectivity index (χ1) is 8.51. The van der Waals surface area contributed by atoms with Crippen molar-refractivity contribution in [2.45, 2.75) is 38.7 Å². The summed E-state index contributed by atoms with van der Waals surface area (Å²) < 4.78 is 18.0. The number of esters is 1. The standard InChI is InChI=1S/C14H19FO3/c1-3-14(17,9-8-13(16)18-4-2)11-6-5-7-12(15)10-11/h5-7,10,17H,3-4,8-9H2,1-2H3. The van der Waals surface area contributed by atoms with Crippen LogP contribution in [0.1, 0.15) is 38.7 Å². The Bertz CT molecular complexity index is 406. The number of hydrogen-bond donors (Lipinski definition) is 1. The molecule has 0 bridgehead atoms. The van der Waals surface area contributed by atoms with Gasteiger partial charge in [0.25, 0.3) is 0 Å². The van der Waals surface area contributed by atoms with Gasteiger partial charge in [-0.05, 0) is 37.5 Å². The Labute approximate surface area is 107 Å². The molecule has 0 saturated heterocycles. The number of benzene rings is 1. The van der Waals surface area contributed by atoms with Gasteiger partial charge < -0.3 is 9.84 Å². The van der Waals surface area contributed by atoms with Gasteiger partial charge in [-0.25, -0.2) is 4.39 Å². The van der Waals surface area contributed by atoms with Gasteiger partial charge in [-0.3, -0.25) is 4.79 Å². The summed E-state index contributed by atoms with van der Waals surface area (Å²) in [5, 5.41) is 10.5. The maximum absolute atomic E-state index is 13.2. The molecule has 0 radical (unpaired) electrons. The highest BCUT2D eigenvalue weighted by Gasteiger charge is 2.28. The Morgan fingerprint density at radius 1 is 1.44 bits per heavy atom. The second kappa shape index (κ2) is 6.50. The third-order valence-electron chi connectivity index (χ3n) is 2.99. The number of halogens is 1. The minimum Gasteiger partial charge on any atom is -0.466 e. The van der Waals surface area contributed by atoms with Crippen molar-refractivity contribution in [3.05, 3.63) is 35.6 Å². The van der Waals surface area contributed by atoms with Crippen molar-refractivity contribution in [2.24, 2.45) is 0 Å². The number of aliphatic hydroxyl groups is 1. The van der Waals surface area contributed by atoms with Crippen molar-refractivity contribution in [1.82, 2.24) is 0 Å². The summed E-state index contributed by atoms with van der Waals surface area (Å²) in [6.45, 7) is 3.86. The highest BCUT2D eigenvalue weighted by atomic mass is 19.1. The average molecular weight is 254 g/mol. The van der Waals surface area contributed by atoms with Gasteiger partial charge >= 0.3 is 5.97 Å². The highest BCUT2D eigenvalue weighted by molar-refractivity contribution is 5.69. The number of ether oxygens (including phenoxy) is 1. The van der Waals surface area contributed by atoms with E-state index in [1.165, 1.54) is 12.1 Å². The van der Waals surface area contributed by atoms with Crippen LogP contribution in [-0.4, -0.2) is 17.7 Å². The van der Waals surface area contributed by atoms with E-state index in [1.54, 1.807) is 26.0 Å². The Balaban J connectivity index is 2.76. The molecule has 1 aromatic rings. The fourth-order valence-electron chi connectivity index (χ4n) is 1.85. The van der Waals surface area contributed by atoms with E-state index in [-0.39, 0.29) is 18.8 Å². The topological polar surface area (TPSA) is 46.5 Å². The fourth-order valence-corrected chi connectivity index (χ4v) is 1.85. The van der Waals surface area contributed by atoms with Crippen molar-refractivity contribution in [1.29, 1.82) is 0 Å². The number of rotatable bonds is 6. The van der Waals surface area contributed by atoms with Gasteiger partial charge in [-0.15, -0.1) is 0 Å². The molecule has 1 N–H and O–H groups in total. The fraction of sp³-hybridized carbons (Fsp3) is 0.500. The third-order valence-corrected chi connectivity index (χ3v) is 2.99. The smallest absolute Gasteiger partial charge is 0.305 e. The van der Waals surface area contributed by atoms with Crippen LogP contribution >= 0.6 is 0 Å². The summed E-state index contributed by atoms with van der Waals surface area (Å²) >= 11 is 0. The monoisotopic (exact) mass is 254 g/mol. The lowest BCUT2D eigenvalue weighted by atomic mass is 9.87. The lowest BCUT2D eigenvalue weighted by Gasteiger charge is -2.27. The van der Waals surface area contributed by atoms with Crippen LogP contribution in [0.2, 0.25) is 0 Å². The van der Waals surface area contributed by atoms with Gasteiger partial charge in [-0.2, -0.15) is 0 Å². The van der Waals surface area contributed by atoms with E-state index in [1.807, 2.05) is 0 Å². The second-order valence-electron chi connectivity index (χ2n) is 4.20. The molecule has 1 rings (SSSR count). The largest absolute Gasteiger partial charge is 0.466 e. The van der Waals surface area contributed by atoms with Crippen LogP contribution in [0.15, 0.2) is 24.3 Å². The van der Waals surface area contributed by atoms with Crippen LogP contribution in [0.3, 0.4) is 0 Å². The maximum Gasteiger partial charge on any atom is 0.305 e. The normalized spacial score (nSPS) is 14.0. The molecule has 0 saturated carbocycles. The first kappa shape index (κ1) is 14.6. The lowest BCUT2D eigenvalue weighted by Crippen LogP contribution is -2.26. The van der Waals surface area contributed by atoms with Gasteiger partial charge in [-0.1, -0.05) is 19.1 Å². The summed E-state index contributed by atoms with van der Waals surface area (Å²) in [6.07, 6.45) is 0.760. The zero-order valence-corrected chi connectivity index (χ0v) is 10.8. The van der Waals surface area contributed by atoms with Crippen molar-refractivity contribution in [3.8, 4) is 0 Å². The summed E-state index contributed by atoms with van der Waals surface area (Å²) in [5.41, 5.74) is -0.691. The molecule has 4 heteroatoms. The quantitative estimate of drug-likeness (QED) is 0.794. The molecule has 0 aromatic heterocycles. The van der Waals surface area contributed by atoms with E-state index in [0.29, 0.717) is 18.6 Å². The second-order valence-corrected chi connectivity index (χ2v) is 4.20. The van der Waals surface area contributed by atoms with Crippen LogP contribution in [0, 0.1) is 5.82 Å². The molecule has 0 aliphatic rings. The van der Waals surface area contributed by atoms with E-state index < -0.39 is 11.4 Å². The first-order valence-corrected chi connectivity index (χ1v) is 6.16. The highest BCUT2D eigenvalue weighted by Crippen LogP contribution is 2.30. The zero-order chi connectivity index (χ0) is 13.6. The van der Waals surface area contributed by atoms with Gasteiger partial charge in [0.2, 0.25) is 0 Å². The van der Waals surface area contributed by atoms with Gasteiger partial charge in [0.15, 0.2) is 0 Å². The first-order valence-electron chi connectivity index (χ1n) is 6.16. The number of carbonyl (C=O) groups is 1. The van der Waals surface area contributed by atoms with E-state index in [0.717, 1.165) is 0 Å². The van der Waals surface area contributed by atoms with Crippen molar-refractivity contribution in [2.75, 3.05) is 6.61 Å². The van der Waals surface area contributed by atoms with Crippen LogP contribution in [-0.2, 0) is 15.1 Å². The van der Waals surface area contributed by atoms with E-state index in [4.69, 9.17) is 4.74 Å². The van der Waals surface area contributed by atoms with Crippen LogP contribution < -0.4 is 0 Å². The molecule has 0 spiro atoms. The van der Waals surface area contributed by atoms with Crippen LogP contribution in [0.4, 0.5) is 4.39 Å². The molecule has 0 heterocycles. The SMILES string of the molecule is CCOC(=O)CCC(O)(CC)c1cccc(F)c1. The molecule has 0 aliphatic heterocycles. The van der Waals surface area contributed by atoms with Crippen molar-refractivity contribution in [3.63, 3.8) is 0 Å². The Hall–Kier alpha value is -1.42. The van der Waals surface area contributed by atoms with E-state index >= 15 is 0 Å². The predicted molar refractivity (Wildman–Crippen MR) is 66.5 cm³/mol. The average Bonchev–Trinajstić information content (AvgIpc) is 2.36. The summed E-state index contributed by atoms with van der Waals surface area (Å²) in [7, 11) is 0. The molecule has 100 valence electrons. The summed E-state index contributed by atoms with van der Waals surface area (Å²) in [6, 6.07) is 5.84. The minimum atomic E-state index is -1.19. The predicted octanol–water partition coefficient (Wildman–Crippen LogP) is 2.77. The van der Waals surface area contributed by atoms with Crippen LogP contribution in [0.25, 0.3) is 0 Å². The molecule has 18 heavy (non-hydrogen) atoms. The van der Waals surface area contributed by atoms with E-state index in [9.17, 15) is 14.3 Å². The minimum absolute atomic E-state index is 0.120. The molecule has 3 nitrogen and oxygen atoms in total. The van der Waals surface area contributed by atoms with Gasteiger partial charge in [0.1, 0.15) is 5.82 Å². The van der Waals surface area contributed by atoms with Gasteiger partial charge in [0.05, 0.1) is 12.2 Å². The summed E-state index contributed by atoms with van der Waals surface area (Å²) in [4.78, 5) is 11.3. The Morgan fingerprint density at radius 3 is 2.72 bits per heavy atom. The molecule has 0 amide bonds.